The summed E-state index contributed by atoms with van der Waals surface area (Å²) in [6, 6.07) is 6.55. The molecule has 1 aliphatic rings. The highest BCUT2D eigenvalue weighted by Gasteiger charge is 2.22. The van der Waals surface area contributed by atoms with E-state index in [0.29, 0.717) is 5.92 Å². The first-order chi connectivity index (χ1) is 7.08. The van der Waals surface area contributed by atoms with Crippen LogP contribution in [-0.2, 0) is 6.42 Å². The van der Waals surface area contributed by atoms with E-state index in [9.17, 15) is 5.11 Å². The lowest BCUT2D eigenvalue weighted by Crippen LogP contribution is -2.13. The molecule has 2 unspecified atom stereocenters. The van der Waals surface area contributed by atoms with Gasteiger partial charge in [0.25, 0.3) is 0 Å². The van der Waals surface area contributed by atoms with E-state index in [0.717, 1.165) is 13.0 Å². The average molecular weight is 205 g/mol. The van der Waals surface area contributed by atoms with Crippen molar-refractivity contribution in [2.45, 2.75) is 32.3 Å². The zero-order valence-corrected chi connectivity index (χ0v) is 9.70. The Morgan fingerprint density at radius 1 is 1.53 bits per heavy atom. The van der Waals surface area contributed by atoms with Crippen LogP contribution in [0.2, 0.25) is 0 Å². The number of hydrogen-bond acceptors (Lipinski definition) is 2. The Kier molecular flexibility index (Phi) is 2.70. The normalized spacial score (nSPS) is 21.6. The standard InChI is InChI=1S/C13H19NO/c1-9-8-14(3)13-5-4-11(6-10(2)15)7-12(9)13/h4-5,7,9-10,15H,6,8H2,1-3H3. The van der Waals surface area contributed by atoms with Gasteiger partial charge >= 0.3 is 0 Å². The predicted molar refractivity (Wildman–Crippen MR) is 63.5 cm³/mol. The van der Waals surface area contributed by atoms with Crippen LogP contribution < -0.4 is 4.90 Å². The van der Waals surface area contributed by atoms with Crippen molar-refractivity contribution in [2.24, 2.45) is 0 Å². The van der Waals surface area contributed by atoms with Crippen LogP contribution in [0.15, 0.2) is 18.2 Å². The van der Waals surface area contributed by atoms with E-state index in [1.807, 2.05) is 6.92 Å². The highest BCUT2D eigenvalue weighted by molar-refractivity contribution is 5.60. The number of aliphatic hydroxyl groups is 1. The minimum atomic E-state index is -0.252. The number of rotatable bonds is 2. The Hall–Kier alpha value is -1.02. The van der Waals surface area contributed by atoms with Crippen molar-refractivity contribution in [1.29, 1.82) is 0 Å². The number of fused-ring (bicyclic) bond motifs is 1. The van der Waals surface area contributed by atoms with Gasteiger partial charge in [0, 0.05) is 25.2 Å². The highest BCUT2D eigenvalue weighted by atomic mass is 16.3. The molecule has 1 aromatic rings. The van der Waals surface area contributed by atoms with E-state index in [4.69, 9.17) is 0 Å². The Morgan fingerprint density at radius 2 is 2.27 bits per heavy atom. The van der Waals surface area contributed by atoms with E-state index in [-0.39, 0.29) is 6.10 Å². The summed E-state index contributed by atoms with van der Waals surface area (Å²) in [6.07, 6.45) is 0.501. The monoisotopic (exact) mass is 205 g/mol. The number of benzene rings is 1. The first-order valence-corrected chi connectivity index (χ1v) is 5.60. The van der Waals surface area contributed by atoms with E-state index >= 15 is 0 Å². The summed E-state index contributed by atoms with van der Waals surface area (Å²) in [7, 11) is 2.14. The van der Waals surface area contributed by atoms with Crippen LogP contribution in [0.25, 0.3) is 0 Å². The van der Waals surface area contributed by atoms with Gasteiger partial charge in [-0.2, -0.15) is 0 Å². The molecular formula is C13H19NO. The fourth-order valence-electron chi connectivity index (χ4n) is 2.42. The minimum absolute atomic E-state index is 0.252. The second kappa shape index (κ2) is 3.86. The molecule has 0 aliphatic carbocycles. The second-order valence-corrected chi connectivity index (χ2v) is 4.73. The molecule has 2 heteroatoms. The summed E-state index contributed by atoms with van der Waals surface area (Å²) in [6.45, 7) is 5.20. The van der Waals surface area contributed by atoms with Gasteiger partial charge in [0.1, 0.15) is 0 Å². The molecule has 1 aromatic carbocycles. The van der Waals surface area contributed by atoms with Gasteiger partial charge in [0.15, 0.2) is 0 Å². The van der Waals surface area contributed by atoms with Crippen LogP contribution in [0.1, 0.15) is 30.9 Å². The van der Waals surface area contributed by atoms with E-state index in [1.54, 1.807) is 0 Å². The molecular weight excluding hydrogens is 186 g/mol. The van der Waals surface area contributed by atoms with Gasteiger partial charge in [-0.1, -0.05) is 19.1 Å². The van der Waals surface area contributed by atoms with Crippen molar-refractivity contribution in [3.8, 4) is 0 Å². The second-order valence-electron chi connectivity index (χ2n) is 4.73. The zero-order valence-electron chi connectivity index (χ0n) is 9.70. The summed E-state index contributed by atoms with van der Waals surface area (Å²) in [5, 5.41) is 9.36. The quantitative estimate of drug-likeness (QED) is 0.799. The van der Waals surface area contributed by atoms with Gasteiger partial charge in [0.2, 0.25) is 0 Å². The molecule has 15 heavy (non-hydrogen) atoms. The third-order valence-electron chi connectivity index (χ3n) is 3.11. The van der Waals surface area contributed by atoms with Crippen molar-refractivity contribution in [1.82, 2.24) is 0 Å². The zero-order chi connectivity index (χ0) is 11.0. The van der Waals surface area contributed by atoms with E-state index in [2.05, 4.69) is 37.1 Å². The van der Waals surface area contributed by atoms with Gasteiger partial charge in [0.05, 0.1) is 6.10 Å². The van der Waals surface area contributed by atoms with Crippen LogP contribution in [-0.4, -0.2) is 24.8 Å². The summed E-state index contributed by atoms with van der Waals surface area (Å²) < 4.78 is 0. The van der Waals surface area contributed by atoms with Crippen LogP contribution in [0, 0.1) is 0 Å². The molecule has 0 amide bonds. The molecule has 0 saturated heterocycles. The van der Waals surface area contributed by atoms with Crippen LogP contribution in [0.5, 0.6) is 0 Å². The Labute approximate surface area is 91.5 Å². The molecule has 2 atom stereocenters. The summed E-state index contributed by atoms with van der Waals surface area (Å²) in [4.78, 5) is 2.30. The lowest BCUT2D eigenvalue weighted by molar-refractivity contribution is 0.195. The molecule has 0 fully saturated rings. The van der Waals surface area contributed by atoms with Crippen LogP contribution in [0.4, 0.5) is 5.69 Å². The first kappa shape index (κ1) is 10.5. The maximum Gasteiger partial charge on any atom is 0.0552 e. The predicted octanol–water partition coefficient (Wildman–Crippen LogP) is 2.16. The molecule has 2 rings (SSSR count). The SMILES string of the molecule is CC(O)Cc1ccc2c(c1)C(C)CN2C. The van der Waals surface area contributed by atoms with Crippen molar-refractivity contribution < 1.29 is 5.11 Å². The third kappa shape index (κ3) is 2.00. The average Bonchev–Trinajstić information content (AvgIpc) is 2.41. The number of likely N-dealkylation sites (N-methyl/N-ethyl adjacent to an activating group) is 1. The lowest BCUT2D eigenvalue weighted by atomic mass is 9.99. The Bertz CT molecular complexity index is 360. The Balaban J connectivity index is 2.30. The van der Waals surface area contributed by atoms with Crippen molar-refractivity contribution in [3.63, 3.8) is 0 Å². The molecule has 0 radical (unpaired) electrons. The Morgan fingerprint density at radius 3 is 2.93 bits per heavy atom. The number of nitrogens with zero attached hydrogens (tertiary/aromatic N) is 1. The first-order valence-electron chi connectivity index (χ1n) is 5.60. The number of hydrogen-bond donors (Lipinski definition) is 1. The van der Waals surface area contributed by atoms with Crippen molar-refractivity contribution >= 4 is 5.69 Å². The van der Waals surface area contributed by atoms with Gasteiger partial charge in [-0.3, -0.25) is 0 Å². The van der Waals surface area contributed by atoms with Gasteiger partial charge < -0.3 is 10.0 Å². The van der Waals surface area contributed by atoms with Crippen LogP contribution in [0.3, 0.4) is 0 Å². The molecule has 0 saturated carbocycles. The highest BCUT2D eigenvalue weighted by Crippen LogP contribution is 2.35. The fourth-order valence-corrected chi connectivity index (χ4v) is 2.42. The molecule has 82 valence electrons. The maximum atomic E-state index is 9.36. The molecule has 2 nitrogen and oxygen atoms in total. The molecule has 1 N–H and O–H groups in total. The van der Waals surface area contributed by atoms with Gasteiger partial charge in [-0.25, -0.2) is 0 Å². The van der Waals surface area contributed by atoms with Crippen molar-refractivity contribution in [3.05, 3.63) is 29.3 Å². The van der Waals surface area contributed by atoms with Crippen LogP contribution >= 0.6 is 0 Å². The maximum absolute atomic E-state index is 9.36. The molecule has 0 bridgehead atoms. The summed E-state index contributed by atoms with van der Waals surface area (Å²) >= 11 is 0. The van der Waals surface area contributed by atoms with E-state index in [1.165, 1.54) is 16.8 Å². The topological polar surface area (TPSA) is 23.5 Å². The molecule has 1 aliphatic heterocycles. The largest absolute Gasteiger partial charge is 0.393 e. The van der Waals surface area contributed by atoms with Gasteiger partial charge in [-0.15, -0.1) is 0 Å². The van der Waals surface area contributed by atoms with Gasteiger partial charge in [-0.05, 0) is 30.5 Å². The lowest BCUT2D eigenvalue weighted by Gasteiger charge is -2.12. The number of anilines is 1. The smallest absolute Gasteiger partial charge is 0.0552 e. The minimum Gasteiger partial charge on any atom is -0.393 e. The summed E-state index contributed by atoms with van der Waals surface area (Å²) in [5.41, 5.74) is 4.01. The number of aliphatic hydroxyl groups excluding tert-OH is 1. The molecule has 0 aromatic heterocycles. The summed E-state index contributed by atoms with van der Waals surface area (Å²) in [5.74, 6) is 0.610. The van der Waals surface area contributed by atoms with E-state index < -0.39 is 0 Å². The fraction of sp³-hybridized carbons (Fsp3) is 0.538. The molecule has 0 spiro atoms. The third-order valence-corrected chi connectivity index (χ3v) is 3.11. The molecule has 1 heterocycles. The van der Waals surface area contributed by atoms with Crippen molar-refractivity contribution in [2.75, 3.05) is 18.5 Å².